The Morgan fingerprint density at radius 2 is 1.89 bits per heavy atom. The van der Waals surface area contributed by atoms with Crippen LogP contribution < -0.4 is 4.94 Å². The average molecular weight is 320 g/mol. The van der Waals surface area contributed by atoms with Gasteiger partial charge >= 0.3 is 0 Å². The van der Waals surface area contributed by atoms with E-state index in [9.17, 15) is 4.53 Å². The lowest BCUT2D eigenvalue weighted by atomic mass is 9.93. The van der Waals surface area contributed by atoms with Crippen molar-refractivity contribution in [1.29, 1.82) is 0 Å². The highest BCUT2D eigenvalue weighted by atomic mass is 79.9. The first-order chi connectivity index (χ1) is 9.23. The van der Waals surface area contributed by atoms with E-state index in [2.05, 4.69) is 25.9 Å². The fourth-order valence-electron chi connectivity index (χ4n) is 2.37. The third-order valence-corrected chi connectivity index (χ3v) is 4.10. The summed E-state index contributed by atoms with van der Waals surface area (Å²) in [5.41, 5.74) is 2.62. The Kier molecular flexibility index (Phi) is 3.11. The highest BCUT2D eigenvalue weighted by Crippen LogP contribution is 2.48. The summed E-state index contributed by atoms with van der Waals surface area (Å²) >= 11 is 3.68. The van der Waals surface area contributed by atoms with E-state index in [0.717, 1.165) is 16.8 Å². The summed E-state index contributed by atoms with van der Waals surface area (Å²) in [4.78, 5) is 8.32. The standard InChI is InChI=1S/C15H11BrFNO/c16-15(9-11-5-2-1-3-6-11)10-18-12-7-4-8-13(19-17)14(12)15/h1-8,10H,9H2. The molecule has 2 aromatic rings. The maximum atomic E-state index is 12.7. The Balaban J connectivity index is 2.03. The molecule has 1 aliphatic rings. The lowest BCUT2D eigenvalue weighted by molar-refractivity contribution is -0.00743. The van der Waals surface area contributed by atoms with Gasteiger partial charge in [0.15, 0.2) is 5.75 Å². The highest BCUT2D eigenvalue weighted by Gasteiger charge is 2.37. The third kappa shape index (κ3) is 2.16. The van der Waals surface area contributed by atoms with Gasteiger partial charge in [-0.25, -0.2) is 0 Å². The van der Waals surface area contributed by atoms with Crippen LogP contribution in [0.1, 0.15) is 11.1 Å². The topological polar surface area (TPSA) is 21.6 Å². The van der Waals surface area contributed by atoms with Crippen molar-refractivity contribution < 1.29 is 9.47 Å². The van der Waals surface area contributed by atoms with Crippen molar-refractivity contribution in [1.82, 2.24) is 0 Å². The number of rotatable bonds is 3. The van der Waals surface area contributed by atoms with Crippen molar-refractivity contribution in [2.45, 2.75) is 10.7 Å². The number of benzene rings is 2. The lowest BCUT2D eigenvalue weighted by Crippen LogP contribution is -2.20. The molecule has 96 valence electrons. The summed E-state index contributed by atoms with van der Waals surface area (Å²) in [6, 6.07) is 15.2. The SMILES string of the molecule is FOc1cccc2c1C(Br)(Cc1ccccc1)C=N2. The molecule has 1 unspecified atom stereocenters. The molecule has 0 amide bonds. The molecule has 1 heterocycles. The number of nitrogens with zero attached hydrogens (tertiary/aromatic N) is 1. The van der Waals surface area contributed by atoms with Gasteiger partial charge < -0.3 is 0 Å². The molecule has 1 atom stereocenters. The maximum absolute atomic E-state index is 12.7. The zero-order valence-corrected chi connectivity index (χ0v) is 11.6. The molecule has 0 fully saturated rings. The first-order valence-corrected chi connectivity index (χ1v) is 6.72. The fourth-order valence-corrected chi connectivity index (χ4v) is 3.20. The van der Waals surface area contributed by atoms with Crippen molar-refractivity contribution in [2.24, 2.45) is 4.99 Å². The summed E-state index contributed by atoms with van der Waals surface area (Å²) < 4.78 is 12.2. The van der Waals surface area contributed by atoms with E-state index in [4.69, 9.17) is 0 Å². The normalized spacial score (nSPS) is 20.3. The fraction of sp³-hybridized carbons (Fsp3) is 0.133. The van der Waals surface area contributed by atoms with Crippen molar-refractivity contribution in [3.8, 4) is 5.75 Å². The van der Waals surface area contributed by atoms with Crippen LogP contribution in [0.4, 0.5) is 10.2 Å². The van der Waals surface area contributed by atoms with Crippen LogP contribution in [0, 0.1) is 0 Å². The molecule has 0 bridgehead atoms. The Morgan fingerprint density at radius 1 is 1.11 bits per heavy atom. The molecule has 0 N–H and O–H groups in total. The number of hydrogen-bond acceptors (Lipinski definition) is 2. The van der Waals surface area contributed by atoms with E-state index >= 15 is 0 Å². The minimum atomic E-state index is -0.521. The Bertz CT molecular complexity index is 629. The van der Waals surface area contributed by atoms with E-state index in [-0.39, 0.29) is 5.75 Å². The molecule has 0 aromatic heterocycles. The summed E-state index contributed by atoms with van der Waals surface area (Å²) in [5, 5.41) is 0. The largest absolute Gasteiger partial charge is 0.294 e. The highest BCUT2D eigenvalue weighted by molar-refractivity contribution is 9.10. The predicted octanol–water partition coefficient (Wildman–Crippen LogP) is 4.50. The maximum Gasteiger partial charge on any atom is 0.179 e. The molecular weight excluding hydrogens is 309 g/mol. The van der Waals surface area contributed by atoms with E-state index in [1.54, 1.807) is 18.3 Å². The smallest absolute Gasteiger partial charge is 0.179 e. The van der Waals surface area contributed by atoms with Gasteiger partial charge in [0, 0.05) is 16.3 Å². The minimum absolute atomic E-state index is 0.211. The zero-order chi connectivity index (χ0) is 13.3. The van der Waals surface area contributed by atoms with Crippen LogP contribution in [0.15, 0.2) is 53.5 Å². The van der Waals surface area contributed by atoms with Crippen molar-refractivity contribution in [3.63, 3.8) is 0 Å². The summed E-state index contributed by atoms with van der Waals surface area (Å²) in [5.74, 6) is 0.211. The molecule has 4 heteroatoms. The second kappa shape index (κ2) is 4.78. The second-order valence-electron chi connectivity index (χ2n) is 4.51. The monoisotopic (exact) mass is 319 g/mol. The Labute approximate surface area is 119 Å². The first kappa shape index (κ1) is 12.4. The van der Waals surface area contributed by atoms with Crippen molar-refractivity contribution >= 4 is 27.8 Å². The van der Waals surface area contributed by atoms with Gasteiger partial charge in [-0.2, -0.15) is 0 Å². The van der Waals surface area contributed by atoms with Gasteiger partial charge in [0.2, 0.25) is 0 Å². The van der Waals surface area contributed by atoms with Crippen molar-refractivity contribution in [2.75, 3.05) is 0 Å². The summed E-state index contributed by atoms with van der Waals surface area (Å²) in [7, 11) is 0. The van der Waals surface area contributed by atoms with Gasteiger partial charge in [-0.1, -0.05) is 52.3 Å². The molecule has 0 saturated carbocycles. The number of hydrogen-bond donors (Lipinski definition) is 0. The van der Waals surface area contributed by atoms with Gasteiger partial charge in [-0.3, -0.25) is 9.93 Å². The van der Waals surface area contributed by atoms with Crippen LogP contribution in [-0.2, 0) is 10.7 Å². The molecule has 0 spiro atoms. The molecule has 2 nitrogen and oxygen atoms in total. The molecule has 19 heavy (non-hydrogen) atoms. The quantitative estimate of drug-likeness (QED) is 0.763. The van der Waals surface area contributed by atoms with Crippen LogP contribution in [0.3, 0.4) is 0 Å². The molecule has 3 rings (SSSR count). The number of alkyl halides is 1. The van der Waals surface area contributed by atoms with Gasteiger partial charge in [-0.05, 0) is 24.1 Å². The number of halogens is 2. The number of aliphatic imine (C=N–C) groups is 1. The van der Waals surface area contributed by atoms with Gasteiger partial charge in [0.1, 0.15) is 0 Å². The molecule has 0 aliphatic carbocycles. The molecule has 1 aliphatic heterocycles. The van der Waals surface area contributed by atoms with Crippen LogP contribution in [0.2, 0.25) is 0 Å². The summed E-state index contributed by atoms with van der Waals surface area (Å²) in [6.07, 6.45) is 2.48. The zero-order valence-electron chi connectivity index (χ0n) is 10.0. The van der Waals surface area contributed by atoms with E-state index < -0.39 is 4.32 Å². The van der Waals surface area contributed by atoms with E-state index in [1.807, 2.05) is 36.4 Å². The Hall–Kier alpha value is -1.68. The minimum Gasteiger partial charge on any atom is -0.294 e. The van der Waals surface area contributed by atoms with Crippen molar-refractivity contribution in [3.05, 3.63) is 59.7 Å². The third-order valence-electron chi connectivity index (χ3n) is 3.22. The van der Waals surface area contributed by atoms with Crippen LogP contribution in [-0.4, -0.2) is 6.21 Å². The van der Waals surface area contributed by atoms with Crippen LogP contribution in [0.5, 0.6) is 5.75 Å². The predicted molar refractivity (Wildman–Crippen MR) is 77.1 cm³/mol. The van der Waals surface area contributed by atoms with E-state index in [1.165, 1.54) is 0 Å². The van der Waals surface area contributed by atoms with Gasteiger partial charge in [0.25, 0.3) is 0 Å². The van der Waals surface area contributed by atoms with Gasteiger partial charge in [0.05, 0.1) is 10.0 Å². The lowest BCUT2D eigenvalue weighted by Gasteiger charge is -2.21. The molecular formula is C15H11BrFNO. The Morgan fingerprint density at radius 3 is 2.63 bits per heavy atom. The van der Waals surface area contributed by atoms with Crippen LogP contribution in [0.25, 0.3) is 0 Å². The molecule has 0 radical (unpaired) electrons. The molecule has 2 aromatic carbocycles. The van der Waals surface area contributed by atoms with Crippen LogP contribution >= 0.6 is 15.9 Å². The van der Waals surface area contributed by atoms with E-state index in [0.29, 0.717) is 6.42 Å². The molecule has 0 saturated heterocycles. The number of fused-ring (bicyclic) bond motifs is 1. The first-order valence-electron chi connectivity index (χ1n) is 5.93. The second-order valence-corrected chi connectivity index (χ2v) is 5.93. The average Bonchev–Trinajstić information content (AvgIpc) is 2.78. The van der Waals surface area contributed by atoms with Gasteiger partial charge in [-0.15, -0.1) is 0 Å². The summed E-state index contributed by atoms with van der Waals surface area (Å²) in [6.45, 7) is 0.